The first-order valence-corrected chi connectivity index (χ1v) is 8.84. The Kier molecular flexibility index (Phi) is 6.88. The molecule has 1 aliphatic rings. The number of piperidine rings is 1. The van der Waals surface area contributed by atoms with Crippen molar-refractivity contribution in [3.8, 4) is 0 Å². The molecule has 1 aromatic rings. The van der Waals surface area contributed by atoms with Crippen LogP contribution >= 0.6 is 11.3 Å². The van der Waals surface area contributed by atoms with Crippen LogP contribution in [0.15, 0.2) is 0 Å². The molecule has 0 radical (unpaired) electrons. The summed E-state index contributed by atoms with van der Waals surface area (Å²) in [6.45, 7) is 6.76. The normalized spacial score (nSPS) is 18.3. The molecule has 0 saturated carbocycles. The molecule has 0 aromatic carbocycles. The molecular formula is C15H26N4O3S. The highest BCUT2D eigenvalue weighted by Gasteiger charge is 2.24. The molecule has 2 N–H and O–H groups in total. The summed E-state index contributed by atoms with van der Waals surface area (Å²) >= 11 is 1.36. The van der Waals surface area contributed by atoms with Crippen molar-refractivity contribution in [1.82, 2.24) is 20.4 Å². The van der Waals surface area contributed by atoms with Gasteiger partial charge in [-0.3, -0.25) is 4.79 Å². The molecule has 0 spiro atoms. The summed E-state index contributed by atoms with van der Waals surface area (Å²) in [5.74, 6) is 0.156. The number of carbonyl (C=O) groups is 1. The first-order chi connectivity index (χ1) is 11.0. The monoisotopic (exact) mass is 342 g/mol. The molecule has 2 rings (SSSR count). The van der Waals surface area contributed by atoms with Crippen molar-refractivity contribution in [3.63, 3.8) is 0 Å². The van der Waals surface area contributed by atoms with Crippen molar-refractivity contribution in [3.05, 3.63) is 10.0 Å². The van der Waals surface area contributed by atoms with Gasteiger partial charge in [0, 0.05) is 38.7 Å². The maximum Gasteiger partial charge on any atom is 0.282 e. The zero-order chi connectivity index (χ0) is 16.8. The molecule has 130 valence electrons. The summed E-state index contributed by atoms with van der Waals surface area (Å²) in [6, 6.07) is 0.157. The largest absolute Gasteiger partial charge is 0.389 e. The lowest BCUT2D eigenvalue weighted by Crippen LogP contribution is -2.47. The van der Waals surface area contributed by atoms with E-state index in [0.29, 0.717) is 18.2 Å². The number of nitrogens with one attached hydrogen (secondary N) is 1. The Bertz CT molecular complexity index is 501. The fraction of sp³-hybridized carbons (Fsp3) is 0.800. The third-order valence-corrected chi connectivity index (χ3v) is 5.10. The minimum Gasteiger partial charge on any atom is -0.389 e. The van der Waals surface area contributed by atoms with Crippen molar-refractivity contribution in [2.45, 2.75) is 44.8 Å². The number of carbonyl (C=O) groups excluding carboxylic acids is 1. The van der Waals surface area contributed by atoms with Crippen molar-refractivity contribution < 1.29 is 14.6 Å². The Labute approximate surface area is 141 Å². The van der Waals surface area contributed by atoms with Gasteiger partial charge in [-0.1, -0.05) is 25.2 Å². The van der Waals surface area contributed by atoms with E-state index in [1.165, 1.54) is 11.3 Å². The summed E-state index contributed by atoms with van der Waals surface area (Å²) in [7, 11) is 1.59. The van der Waals surface area contributed by atoms with Gasteiger partial charge >= 0.3 is 0 Å². The van der Waals surface area contributed by atoms with E-state index in [2.05, 4.69) is 20.4 Å². The summed E-state index contributed by atoms with van der Waals surface area (Å²) in [5.41, 5.74) is 0. The third kappa shape index (κ3) is 5.49. The summed E-state index contributed by atoms with van der Waals surface area (Å²) in [4.78, 5) is 14.4. The van der Waals surface area contributed by atoms with Crippen molar-refractivity contribution in [2.75, 3.05) is 33.4 Å². The molecule has 8 heteroatoms. The highest BCUT2D eigenvalue weighted by Crippen LogP contribution is 2.19. The molecule has 1 saturated heterocycles. The van der Waals surface area contributed by atoms with Gasteiger partial charge in [0.25, 0.3) is 5.91 Å². The van der Waals surface area contributed by atoms with Crippen molar-refractivity contribution in [2.24, 2.45) is 0 Å². The molecule has 1 aromatic heterocycles. The van der Waals surface area contributed by atoms with Crippen LogP contribution in [0.25, 0.3) is 0 Å². The first kappa shape index (κ1) is 18.3. The molecule has 7 nitrogen and oxygen atoms in total. The fourth-order valence-corrected chi connectivity index (χ4v) is 3.36. The summed E-state index contributed by atoms with van der Waals surface area (Å²) in [5, 5.41) is 22.2. The second-order valence-electron chi connectivity index (χ2n) is 6.26. The van der Waals surface area contributed by atoms with E-state index in [4.69, 9.17) is 4.74 Å². The number of aliphatic hydroxyl groups is 1. The fourth-order valence-electron chi connectivity index (χ4n) is 2.61. The van der Waals surface area contributed by atoms with Crippen LogP contribution in [-0.4, -0.2) is 71.6 Å². The topological polar surface area (TPSA) is 87.6 Å². The molecule has 1 aliphatic heterocycles. The van der Waals surface area contributed by atoms with Gasteiger partial charge in [-0.15, -0.1) is 10.2 Å². The number of ether oxygens (including phenoxy) is 1. The predicted octanol–water partition coefficient (Wildman–Crippen LogP) is 0.863. The predicted molar refractivity (Wildman–Crippen MR) is 88.8 cm³/mol. The number of nitrogens with zero attached hydrogens (tertiary/aromatic N) is 3. The van der Waals surface area contributed by atoms with Crippen LogP contribution in [0.3, 0.4) is 0 Å². The number of aromatic nitrogens is 2. The van der Waals surface area contributed by atoms with E-state index in [-0.39, 0.29) is 17.9 Å². The van der Waals surface area contributed by atoms with Crippen LogP contribution < -0.4 is 5.32 Å². The highest BCUT2D eigenvalue weighted by molar-refractivity contribution is 7.13. The van der Waals surface area contributed by atoms with Gasteiger partial charge in [-0.05, 0) is 12.8 Å². The van der Waals surface area contributed by atoms with Gasteiger partial charge in [-0.2, -0.15) is 0 Å². The number of likely N-dealkylation sites (tertiary alicyclic amines) is 1. The van der Waals surface area contributed by atoms with E-state index in [0.717, 1.165) is 30.9 Å². The Balaban J connectivity index is 1.76. The second kappa shape index (κ2) is 8.68. The number of rotatable bonds is 7. The summed E-state index contributed by atoms with van der Waals surface area (Å²) < 4.78 is 4.94. The lowest BCUT2D eigenvalue weighted by atomic mass is 10.0. The van der Waals surface area contributed by atoms with Crippen molar-refractivity contribution >= 4 is 17.2 Å². The number of hydrogen-bond acceptors (Lipinski definition) is 7. The molecule has 2 heterocycles. The number of amides is 1. The third-order valence-electron chi connectivity index (χ3n) is 3.88. The lowest BCUT2D eigenvalue weighted by molar-refractivity contribution is 0.0309. The highest BCUT2D eigenvalue weighted by atomic mass is 32.1. The zero-order valence-electron chi connectivity index (χ0n) is 14.0. The number of β-amino-alcohol motifs (C(OH)–C–C–N with tert-alkyl or cyclic N) is 1. The average Bonchev–Trinajstić information content (AvgIpc) is 3.00. The van der Waals surface area contributed by atoms with Crippen LogP contribution in [0, 0.1) is 0 Å². The van der Waals surface area contributed by atoms with E-state index in [1.54, 1.807) is 7.11 Å². The Morgan fingerprint density at radius 1 is 1.43 bits per heavy atom. The molecular weight excluding hydrogens is 316 g/mol. The van der Waals surface area contributed by atoms with E-state index < -0.39 is 6.10 Å². The maximum atomic E-state index is 12.2. The van der Waals surface area contributed by atoms with Gasteiger partial charge in [0.1, 0.15) is 5.01 Å². The number of hydrogen-bond donors (Lipinski definition) is 2. The number of aliphatic hydroxyl groups excluding tert-OH is 1. The standard InChI is InChI=1S/C15H26N4O3S/c1-10(2)14-17-18-15(23-14)13(21)16-11-4-6-19(7-5-11)8-12(20)9-22-3/h10-12,20H,4-9H2,1-3H3,(H,16,21). The first-order valence-electron chi connectivity index (χ1n) is 8.03. The Morgan fingerprint density at radius 3 is 2.70 bits per heavy atom. The van der Waals surface area contributed by atoms with Crippen molar-refractivity contribution in [1.29, 1.82) is 0 Å². The van der Waals surface area contributed by atoms with Crippen LogP contribution in [0.4, 0.5) is 0 Å². The van der Waals surface area contributed by atoms with Gasteiger partial charge in [0.05, 0.1) is 12.7 Å². The molecule has 23 heavy (non-hydrogen) atoms. The molecule has 0 bridgehead atoms. The van der Waals surface area contributed by atoms with E-state index in [1.807, 2.05) is 13.8 Å². The zero-order valence-corrected chi connectivity index (χ0v) is 14.8. The molecule has 1 atom stereocenters. The van der Waals surface area contributed by atoms with Crippen LogP contribution in [0.1, 0.15) is 47.4 Å². The SMILES string of the molecule is COCC(O)CN1CCC(NC(=O)c2nnc(C(C)C)s2)CC1. The number of methoxy groups -OCH3 is 1. The molecule has 0 aliphatic carbocycles. The quantitative estimate of drug-likeness (QED) is 0.764. The molecule has 1 fully saturated rings. The minimum atomic E-state index is -0.456. The Morgan fingerprint density at radius 2 is 2.13 bits per heavy atom. The van der Waals surface area contributed by atoms with E-state index >= 15 is 0 Å². The van der Waals surface area contributed by atoms with Crippen LogP contribution in [0.5, 0.6) is 0 Å². The maximum absolute atomic E-state index is 12.2. The molecule has 1 unspecified atom stereocenters. The Hall–Kier alpha value is -1.09. The second-order valence-corrected chi connectivity index (χ2v) is 7.27. The van der Waals surface area contributed by atoms with Gasteiger partial charge < -0.3 is 20.1 Å². The van der Waals surface area contributed by atoms with Gasteiger partial charge in [0.2, 0.25) is 5.01 Å². The van der Waals surface area contributed by atoms with Crippen LogP contribution in [-0.2, 0) is 4.74 Å². The average molecular weight is 342 g/mol. The minimum absolute atomic E-state index is 0.132. The molecule has 1 amide bonds. The van der Waals surface area contributed by atoms with E-state index in [9.17, 15) is 9.90 Å². The van der Waals surface area contributed by atoms with Gasteiger partial charge in [-0.25, -0.2) is 0 Å². The lowest BCUT2D eigenvalue weighted by Gasteiger charge is -2.33. The van der Waals surface area contributed by atoms with Crippen LogP contribution in [0.2, 0.25) is 0 Å². The smallest absolute Gasteiger partial charge is 0.282 e. The van der Waals surface area contributed by atoms with Gasteiger partial charge in [0.15, 0.2) is 0 Å². The summed E-state index contributed by atoms with van der Waals surface area (Å²) in [6.07, 6.45) is 1.30.